The molecule has 8 heteroatoms. The summed E-state index contributed by atoms with van der Waals surface area (Å²) in [4.78, 5) is 34.5. The van der Waals surface area contributed by atoms with Crippen LogP contribution in [0.4, 0.5) is 0 Å². The van der Waals surface area contributed by atoms with Crippen molar-refractivity contribution >= 4 is 17.9 Å². The zero-order chi connectivity index (χ0) is 20.7. The van der Waals surface area contributed by atoms with Gasteiger partial charge in [-0.25, -0.2) is 0 Å². The molecule has 0 radical (unpaired) electrons. The van der Waals surface area contributed by atoms with Crippen molar-refractivity contribution in [1.82, 2.24) is 0 Å². The Morgan fingerprint density at radius 1 is 0.893 bits per heavy atom. The maximum atomic E-state index is 11.7. The van der Waals surface area contributed by atoms with Crippen molar-refractivity contribution in [2.45, 2.75) is 64.8 Å². The fraction of sp³-hybridized carbons (Fsp3) is 0.550. The largest absolute Gasteiger partial charge is 0.463 e. The number of ether oxygens (including phenoxy) is 5. The van der Waals surface area contributed by atoms with E-state index in [2.05, 4.69) is 0 Å². The molecule has 0 aliphatic carbocycles. The molecule has 0 N–H and O–H groups in total. The summed E-state index contributed by atoms with van der Waals surface area (Å²) in [5, 5.41) is 0. The lowest BCUT2D eigenvalue weighted by atomic mass is 9.95. The maximum Gasteiger partial charge on any atom is 0.303 e. The summed E-state index contributed by atoms with van der Waals surface area (Å²) in [7, 11) is 0. The van der Waals surface area contributed by atoms with Gasteiger partial charge in [-0.1, -0.05) is 30.3 Å². The summed E-state index contributed by atoms with van der Waals surface area (Å²) in [6, 6.07) is 9.41. The molecule has 0 spiro atoms. The van der Waals surface area contributed by atoms with Crippen molar-refractivity contribution in [2.75, 3.05) is 6.61 Å². The molecule has 1 aromatic rings. The molecule has 0 aromatic heterocycles. The van der Waals surface area contributed by atoms with Crippen molar-refractivity contribution < 1.29 is 38.1 Å². The van der Waals surface area contributed by atoms with Gasteiger partial charge in [0, 0.05) is 20.8 Å². The minimum absolute atomic E-state index is 0.0797. The average molecular weight is 394 g/mol. The van der Waals surface area contributed by atoms with Crippen LogP contribution in [-0.4, -0.2) is 55.0 Å². The minimum Gasteiger partial charge on any atom is -0.463 e. The lowest BCUT2D eigenvalue weighted by molar-refractivity contribution is -0.254. The summed E-state index contributed by atoms with van der Waals surface area (Å²) in [5.41, 5.74) is 0.901. The van der Waals surface area contributed by atoms with Gasteiger partial charge in [0.25, 0.3) is 0 Å². The van der Waals surface area contributed by atoms with Crippen LogP contribution in [0.25, 0.3) is 0 Å². The second-order valence-corrected chi connectivity index (χ2v) is 6.59. The van der Waals surface area contributed by atoms with Crippen LogP contribution >= 0.6 is 0 Å². The Labute approximate surface area is 164 Å². The van der Waals surface area contributed by atoms with Crippen LogP contribution in [0.5, 0.6) is 0 Å². The number of rotatable bonds is 7. The molecule has 0 bridgehead atoms. The molecule has 0 saturated carbocycles. The Morgan fingerprint density at radius 3 is 2.07 bits per heavy atom. The lowest BCUT2D eigenvalue weighted by Gasteiger charge is -2.44. The number of esters is 3. The van der Waals surface area contributed by atoms with E-state index < -0.39 is 48.4 Å². The number of benzene rings is 1. The van der Waals surface area contributed by atoms with Crippen molar-refractivity contribution in [3.8, 4) is 0 Å². The van der Waals surface area contributed by atoms with Crippen molar-refractivity contribution in [1.29, 1.82) is 0 Å². The Bertz CT molecular complexity index is 674. The van der Waals surface area contributed by atoms with Crippen LogP contribution in [-0.2, 0) is 44.7 Å². The van der Waals surface area contributed by atoms with E-state index in [0.717, 1.165) is 5.56 Å². The molecule has 28 heavy (non-hydrogen) atoms. The molecule has 1 saturated heterocycles. The first-order valence-corrected chi connectivity index (χ1v) is 9.06. The van der Waals surface area contributed by atoms with Crippen LogP contribution < -0.4 is 0 Å². The normalized spacial score (nSPS) is 26.9. The first kappa shape index (κ1) is 21.8. The Kier molecular flexibility index (Phi) is 7.95. The van der Waals surface area contributed by atoms with Gasteiger partial charge in [-0.3, -0.25) is 14.4 Å². The molecule has 1 unspecified atom stereocenters. The zero-order valence-corrected chi connectivity index (χ0v) is 16.5. The molecule has 1 heterocycles. The van der Waals surface area contributed by atoms with Crippen LogP contribution in [0.2, 0.25) is 0 Å². The molecule has 0 amide bonds. The summed E-state index contributed by atoms with van der Waals surface area (Å²) in [6.45, 7) is 5.65. The predicted octanol–water partition coefficient (Wildman–Crippen LogP) is 1.79. The molecule has 1 aromatic carbocycles. The van der Waals surface area contributed by atoms with Crippen molar-refractivity contribution in [3.05, 3.63) is 35.9 Å². The Hall–Kier alpha value is -2.45. The maximum absolute atomic E-state index is 11.7. The highest BCUT2D eigenvalue weighted by atomic mass is 16.6. The third kappa shape index (κ3) is 6.31. The molecule has 1 aliphatic rings. The highest BCUT2D eigenvalue weighted by molar-refractivity contribution is 5.67. The van der Waals surface area contributed by atoms with E-state index in [-0.39, 0.29) is 13.2 Å². The first-order valence-electron chi connectivity index (χ1n) is 9.06. The van der Waals surface area contributed by atoms with Gasteiger partial charge in [-0.05, 0) is 12.5 Å². The molecule has 154 valence electrons. The average Bonchev–Trinajstić information content (AvgIpc) is 2.62. The van der Waals surface area contributed by atoms with Gasteiger partial charge in [0.15, 0.2) is 12.2 Å². The van der Waals surface area contributed by atoms with Crippen molar-refractivity contribution in [3.63, 3.8) is 0 Å². The van der Waals surface area contributed by atoms with Gasteiger partial charge in [0.2, 0.25) is 0 Å². The predicted molar refractivity (Wildman–Crippen MR) is 97.1 cm³/mol. The van der Waals surface area contributed by atoms with E-state index in [0.29, 0.717) is 0 Å². The summed E-state index contributed by atoms with van der Waals surface area (Å²) >= 11 is 0. The van der Waals surface area contributed by atoms with E-state index in [9.17, 15) is 14.4 Å². The molecule has 2 rings (SSSR count). The second-order valence-electron chi connectivity index (χ2n) is 6.59. The van der Waals surface area contributed by atoms with Gasteiger partial charge in [-0.2, -0.15) is 0 Å². The van der Waals surface area contributed by atoms with Crippen molar-refractivity contribution in [2.24, 2.45) is 0 Å². The number of hydrogen-bond donors (Lipinski definition) is 0. The fourth-order valence-corrected chi connectivity index (χ4v) is 3.08. The van der Waals surface area contributed by atoms with Gasteiger partial charge in [-0.15, -0.1) is 0 Å². The third-order valence-corrected chi connectivity index (χ3v) is 4.21. The van der Waals surface area contributed by atoms with E-state index in [1.807, 2.05) is 30.3 Å². The van der Waals surface area contributed by atoms with Gasteiger partial charge in [0.05, 0.1) is 12.7 Å². The third-order valence-electron chi connectivity index (χ3n) is 4.21. The van der Waals surface area contributed by atoms with Gasteiger partial charge < -0.3 is 23.7 Å². The fourth-order valence-electron chi connectivity index (χ4n) is 3.08. The van der Waals surface area contributed by atoms with E-state index in [1.165, 1.54) is 20.8 Å². The highest BCUT2D eigenvalue weighted by Crippen LogP contribution is 2.29. The Morgan fingerprint density at radius 2 is 1.50 bits per heavy atom. The highest BCUT2D eigenvalue weighted by Gasteiger charge is 2.49. The smallest absolute Gasteiger partial charge is 0.303 e. The SMILES string of the molecule is CC(=O)OC[C@H]1OC(C)[C@@H](OC(C)=O)[C@@H](OC(C)=O)[C@@H]1OCc1ccccc1. The number of carbonyl (C=O) groups is 3. The lowest BCUT2D eigenvalue weighted by Crippen LogP contribution is -2.61. The molecular weight excluding hydrogens is 368 g/mol. The molecular formula is C20H26O8. The van der Waals surface area contributed by atoms with Gasteiger partial charge in [0.1, 0.15) is 18.8 Å². The summed E-state index contributed by atoms with van der Waals surface area (Å²) < 4.78 is 27.8. The second kappa shape index (κ2) is 10.2. The molecule has 5 atom stereocenters. The van der Waals surface area contributed by atoms with E-state index in [4.69, 9.17) is 23.7 Å². The standard InChI is InChI=1S/C20H26O8/c1-12-18(27-14(3)22)20(28-15(4)23)19(17(26-12)11-24-13(2)21)25-10-16-8-6-5-7-9-16/h5-9,12,17-20H,10-11H2,1-4H3/t12?,17-,18-,19-,20-/m1/s1. The van der Waals surface area contributed by atoms with Crippen LogP contribution in [0.3, 0.4) is 0 Å². The zero-order valence-electron chi connectivity index (χ0n) is 16.5. The molecule has 1 aliphatic heterocycles. The quantitative estimate of drug-likeness (QED) is 0.510. The van der Waals surface area contributed by atoms with E-state index in [1.54, 1.807) is 6.92 Å². The summed E-state index contributed by atoms with van der Waals surface area (Å²) in [5.74, 6) is -1.54. The monoisotopic (exact) mass is 394 g/mol. The number of hydrogen-bond acceptors (Lipinski definition) is 8. The molecule has 8 nitrogen and oxygen atoms in total. The first-order chi connectivity index (χ1) is 13.3. The van der Waals surface area contributed by atoms with Gasteiger partial charge >= 0.3 is 17.9 Å². The van der Waals surface area contributed by atoms with Crippen LogP contribution in [0.1, 0.15) is 33.3 Å². The van der Waals surface area contributed by atoms with Crippen LogP contribution in [0, 0.1) is 0 Å². The number of carbonyl (C=O) groups excluding carboxylic acids is 3. The minimum atomic E-state index is -0.908. The Balaban J connectivity index is 2.26. The molecule has 1 fully saturated rings. The topological polar surface area (TPSA) is 97.4 Å². The summed E-state index contributed by atoms with van der Waals surface area (Å²) in [6.07, 6.45) is -3.85. The van der Waals surface area contributed by atoms with E-state index >= 15 is 0 Å². The van der Waals surface area contributed by atoms with Crippen LogP contribution in [0.15, 0.2) is 30.3 Å².